The Morgan fingerprint density at radius 2 is 1.84 bits per heavy atom. The lowest BCUT2D eigenvalue weighted by Gasteiger charge is -2.36. The molecule has 0 fully saturated rings. The van der Waals surface area contributed by atoms with Crippen LogP contribution in [0.25, 0.3) is 0 Å². The first-order valence-corrected chi connectivity index (χ1v) is 11.4. The van der Waals surface area contributed by atoms with Gasteiger partial charge in [-0.3, -0.25) is 4.79 Å². The highest BCUT2D eigenvalue weighted by Crippen LogP contribution is 2.35. The van der Waals surface area contributed by atoms with Gasteiger partial charge in [0.15, 0.2) is 5.78 Å². The zero-order chi connectivity index (χ0) is 15.1. The van der Waals surface area contributed by atoms with Crippen molar-refractivity contribution in [3.8, 4) is 0 Å². The van der Waals surface area contributed by atoms with Crippen LogP contribution in [0.15, 0.2) is 15.7 Å². The second kappa shape index (κ2) is 5.12. The van der Waals surface area contributed by atoms with E-state index >= 15 is 0 Å². The maximum absolute atomic E-state index is 12.4. The lowest BCUT2D eigenvalue weighted by Crippen LogP contribution is -2.54. The lowest BCUT2D eigenvalue weighted by atomic mass is 10.2. The van der Waals surface area contributed by atoms with E-state index in [1.165, 1.54) is 13.0 Å². The van der Waals surface area contributed by atoms with Crippen LogP contribution in [-0.4, -0.2) is 22.4 Å². The maximum Gasteiger partial charge on any atom is 0.244 e. The number of hydrogen-bond donors (Lipinski definition) is 1. The number of carbonyl (C=O) groups excluding carboxylic acids is 1. The van der Waals surface area contributed by atoms with Gasteiger partial charge in [0.05, 0.1) is 0 Å². The van der Waals surface area contributed by atoms with E-state index < -0.39 is 18.3 Å². The first kappa shape index (κ1) is 16.6. The Balaban J connectivity index is 3.08. The Bertz CT molecular complexity index is 582. The molecule has 0 spiro atoms. The van der Waals surface area contributed by atoms with Gasteiger partial charge in [-0.15, -0.1) is 11.3 Å². The first-order valence-electron chi connectivity index (χ1n) is 6.00. The van der Waals surface area contributed by atoms with Crippen molar-refractivity contribution in [3.05, 3.63) is 17.0 Å². The third-order valence-corrected chi connectivity index (χ3v) is 12.7. The van der Waals surface area contributed by atoms with E-state index in [0.717, 1.165) is 11.3 Å². The van der Waals surface area contributed by atoms with E-state index in [-0.39, 0.29) is 15.0 Å². The quantitative estimate of drug-likeness (QED) is 0.684. The van der Waals surface area contributed by atoms with E-state index in [1.807, 2.05) is 33.9 Å². The van der Waals surface area contributed by atoms with Crippen LogP contribution in [0.1, 0.15) is 38.1 Å². The Morgan fingerprint density at radius 1 is 1.32 bits per heavy atom. The molecule has 0 atom stereocenters. The van der Waals surface area contributed by atoms with Gasteiger partial charge in [-0.1, -0.05) is 33.9 Å². The molecule has 4 nitrogen and oxygen atoms in total. The Labute approximate surface area is 120 Å². The van der Waals surface area contributed by atoms with E-state index in [1.54, 1.807) is 5.38 Å². The molecular formula is C12H21NO3S2Si. The molecule has 108 valence electrons. The zero-order valence-electron chi connectivity index (χ0n) is 12.2. The van der Waals surface area contributed by atoms with Crippen LogP contribution >= 0.6 is 11.3 Å². The molecule has 7 heteroatoms. The highest BCUT2D eigenvalue weighted by Gasteiger charge is 2.39. The fraction of sp³-hybridized carbons (Fsp3) is 0.583. The predicted molar refractivity (Wildman–Crippen MR) is 81.8 cm³/mol. The highest BCUT2D eigenvalue weighted by molar-refractivity contribution is 7.93. The lowest BCUT2D eigenvalue weighted by molar-refractivity contribution is 0.101. The maximum atomic E-state index is 12.4. The number of sulfonamides is 1. The summed E-state index contributed by atoms with van der Waals surface area (Å²) in [5, 5.41) is 1.50. The summed E-state index contributed by atoms with van der Waals surface area (Å²) in [7, 11) is -5.69. The third kappa shape index (κ3) is 3.74. The van der Waals surface area contributed by atoms with E-state index in [4.69, 9.17) is 0 Å². The average Bonchev–Trinajstić information content (AvgIpc) is 2.62. The molecular weight excluding hydrogens is 298 g/mol. The van der Waals surface area contributed by atoms with Crippen molar-refractivity contribution < 1.29 is 13.2 Å². The van der Waals surface area contributed by atoms with Gasteiger partial charge in [-0.05, 0) is 18.0 Å². The number of Topliss-reactive ketones (excluding diaryl/α,β-unsaturated/α-hetero) is 1. The van der Waals surface area contributed by atoms with Gasteiger partial charge in [0.1, 0.15) is 12.4 Å². The number of nitrogens with one attached hydrogen (secondary N) is 1. The highest BCUT2D eigenvalue weighted by atomic mass is 32.2. The second-order valence-electron chi connectivity index (χ2n) is 6.19. The molecule has 1 aromatic rings. The molecule has 0 aliphatic carbocycles. The first-order chi connectivity index (χ1) is 8.37. The van der Waals surface area contributed by atoms with Gasteiger partial charge in [0, 0.05) is 10.9 Å². The molecule has 1 heterocycles. The van der Waals surface area contributed by atoms with E-state index in [9.17, 15) is 13.2 Å². The summed E-state index contributed by atoms with van der Waals surface area (Å²) in [5.74, 6) is -0.120. The summed E-state index contributed by atoms with van der Waals surface area (Å²) in [4.78, 5) is 11.2. The Hall–Kier alpha value is -0.503. The van der Waals surface area contributed by atoms with Crippen LogP contribution < -0.4 is 4.39 Å². The number of hydrogen-bond acceptors (Lipinski definition) is 4. The van der Waals surface area contributed by atoms with Crippen molar-refractivity contribution in [2.45, 2.75) is 50.0 Å². The molecule has 1 aromatic heterocycles. The van der Waals surface area contributed by atoms with Crippen molar-refractivity contribution >= 4 is 35.4 Å². The summed E-state index contributed by atoms with van der Waals surface area (Å²) >= 11 is 1.09. The number of thiophene rings is 1. The molecule has 0 radical (unpaired) electrons. The van der Waals surface area contributed by atoms with Gasteiger partial charge < -0.3 is 0 Å². The molecule has 1 N–H and O–H groups in total. The van der Waals surface area contributed by atoms with Gasteiger partial charge in [0.2, 0.25) is 10.0 Å². The minimum Gasteiger partial charge on any atom is -0.294 e. The summed E-state index contributed by atoms with van der Waals surface area (Å²) < 4.78 is 27.8. The van der Waals surface area contributed by atoms with Crippen molar-refractivity contribution in [2.24, 2.45) is 0 Å². The van der Waals surface area contributed by atoms with Crippen LogP contribution in [0, 0.1) is 0 Å². The monoisotopic (exact) mass is 319 g/mol. The van der Waals surface area contributed by atoms with Crippen LogP contribution in [0.2, 0.25) is 18.1 Å². The Morgan fingerprint density at radius 3 is 2.21 bits per heavy atom. The van der Waals surface area contributed by atoms with Crippen molar-refractivity contribution in [3.63, 3.8) is 0 Å². The van der Waals surface area contributed by atoms with Crippen LogP contribution in [0.5, 0.6) is 0 Å². The topological polar surface area (TPSA) is 63.2 Å². The van der Waals surface area contributed by atoms with Crippen molar-refractivity contribution in [2.75, 3.05) is 0 Å². The third-order valence-electron chi connectivity index (χ3n) is 3.51. The molecule has 0 unspecified atom stereocenters. The standard InChI is InChI=1S/C12H21NO3S2Si/c1-9(14)10-7-11(17-8-10)18(15,16)13-19(5,6)12(2,3)4/h7-8,13H,1-6H3. The normalized spacial score (nSPS) is 13.6. The van der Waals surface area contributed by atoms with Crippen LogP contribution in [0.4, 0.5) is 0 Å². The van der Waals surface area contributed by atoms with Crippen molar-refractivity contribution in [1.82, 2.24) is 4.39 Å². The summed E-state index contributed by atoms with van der Waals surface area (Å²) in [6, 6.07) is 1.45. The number of carbonyl (C=O) groups is 1. The molecule has 0 amide bonds. The number of ketones is 1. The summed E-state index contributed by atoms with van der Waals surface area (Å²) in [6.45, 7) is 11.5. The van der Waals surface area contributed by atoms with Crippen LogP contribution in [-0.2, 0) is 10.0 Å². The molecule has 0 aliphatic rings. The molecule has 0 aromatic carbocycles. The smallest absolute Gasteiger partial charge is 0.244 e. The van der Waals surface area contributed by atoms with Gasteiger partial charge in [-0.25, -0.2) is 12.8 Å². The van der Waals surface area contributed by atoms with Gasteiger partial charge >= 0.3 is 0 Å². The van der Waals surface area contributed by atoms with Gasteiger partial charge in [-0.2, -0.15) is 0 Å². The molecule has 0 aliphatic heterocycles. The Kier molecular flexibility index (Phi) is 4.46. The molecule has 19 heavy (non-hydrogen) atoms. The van der Waals surface area contributed by atoms with Crippen LogP contribution in [0.3, 0.4) is 0 Å². The number of rotatable bonds is 4. The molecule has 0 saturated heterocycles. The van der Waals surface area contributed by atoms with E-state index in [0.29, 0.717) is 5.56 Å². The summed E-state index contributed by atoms with van der Waals surface area (Å²) in [5.41, 5.74) is 0.445. The SMILES string of the molecule is CC(=O)c1csc(S(=O)(=O)N[Si](C)(C)C(C)(C)C)c1. The minimum atomic E-state index is -3.54. The zero-order valence-corrected chi connectivity index (χ0v) is 14.8. The molecule has 0 bridgehead atoms. The fourth-order valence-electron chi connectivity index (χ4n) is 1.18. The fourth-order valence-corrected chi connectivity index (χ4v) is 7.48. The second-order valence-corrected chi connectivity index (χ2v) is 14.4. The summed E-state index contributed by atoms with van der Waals surface area (Å²) in [6.07, 6.45) is 0. The van der Waals surface area contributed by atoms with Crippen molar-refractivity contribution in [1.29, 1.82) is 0 Å². The minimum absolute atomic E-state index is 0.0826. The molecule has 0 saturated carbocycles. The van der Waals surface area contributed by atoms with E-state index in [2.05, 4.69) is 4.39 Å². The van der Waals surface area contributed by atoms with Gasteiger partial charge in [0.25, 0.3) is 0 Å². The molecule has 1 rings (SSSR count). The predicted octanol–water partition coefficient (Wildman–Crippen LogP) is 3.23. The largest absolute Gasteiger partial charge is 0.294 e. The average molecular weight is 320 g/mol.